The van der Waals surface area contributed by atoms with Gasteiger partial charge >= 0.3 is 0 Å². The van der Waals surface area contributed by atoms with Gasteiger partial charge in [0.1, 0.15) is 18.5 Å². The van der Waals surface area contributed by atoms with Crippen LogP contribution in [-0.2, 0) is 4.79 Å². The lowest BCUT2D eigenvalue weighted by Gasteiger charge is -2.09. The zero-order chi connectivity index (χ0) is 13.4. The fourth-order valence-corrected chi connectivity index (χ4v) is 2.84. The fourth-order valence-electron chi connectivity index (χ4n) is 2.84. The van der Waals surface area contributed by atoms with Crippen LogP contribution in [0.5, 0.6) is 5.75 Å². The Kier molecular flexibility index (Phi) is 3.19. The molecule has 0 saturated heterocycles. The Bertz CT molecular complexity index is 500. The van der Waals surface area contributed by atoms with E-state index in [9.17, 15) is 9.90 Å². The minimum Gasteiger partial charge on any atom is -0.490 e. The van der Waals surface area contributed by atoms with Crippen LogP contribution in [-0.4, -0.2) is 24.2 Å². The molecule has 0 bridgehead atoms. The summed E-state index contributed by atoms with van der Waals surface area (Å²) in [5.74, 6) is 1.86. The molecular weight excluding hydrogens is 242 g/mol. The van der Waals surface area contributed by atoms with E-state index in [1.165, 1.54) is 5.56 Å². The standard InChI is InChI=1S/C15H19NO3/c1-2-14(18)16-7-9-6-11(9)10-4-3-5-13-15(10)12(17)8-19-13/h3-5,9,11-12,17H,2,6-8H2,1H3,(H,16,18)/t9-,11+,12+/m0/s1. The van der Waals surface area contributed by atoms with Crippen molar-refractivity contribution in [2.24, 2.45) is 5.92 Å². The number of carbonyl (C=O) groups excluding carboxylic acids is 1. The smallest absolute Gasteiger partial charge is 0.219 e. The highest BCUT2D eigenvalue weighted by Crippen LogP contribution is 2.51. The third-order valence-corrected chi connectivity index (χ3v) is 4.03. The highest BCUT2D eigenvalue weighted by molar-refractivity contribution is 5.75. The quantitative estimate of drug-likeness (QED) is 0.868. The van der Waals surface area contributed by atoms with Crippen LogP contribution in [0.25, 0.3) is 0 Å². The number of amides is 1. The second kappa shape index (κ2) is 4.85. The summed E-state index contributed by atoms with van der Waals surface area (Å²) in [5.41, 5.74) is 2.15. The van der Waals surface area contributed by atoms with E-state index in [0.29, 0.717) is 24.9 Å². The molecule has 3 rings (SSSR count). The number of rotatable bonds is 4. The Morgan fingerprint density at radius 2 is 2.37 bits per heavy atom. The van der Waals surface area contributed by atoms with Gasteiger partial charge in [-0.2, -0.15) is 0 Å². The van der Waals surface area contributed by atoms with Crippen molar-refractivity contribution in [1.82, 2.24) is 5.32 Å². The summed E-state index contributed by atoms with van der Waals surface area (Å²) in [4.78, 5) is 11.3. The van der Waals surface area contributed by atoms with Crippen molar-refractivity contribution in [3.05, 3.63) is 29.3 Å². The zero-order valence-electron chi connectivity index (χ0n) is 11.1. The Morgan fingerprint density at radius 3 is 3.16 bits per heavy atom. The molecule has 1 aromatic carbocycles. The van der Waals surface area contributed by atoms with Gasteiger partial charge in [0, 0.05) is 18.5 Å². The molecule has 1 fully saturated rings. The van der Waals surface area contributed by atoms with Gasteiger partial charge < -0.3 is 15.2 Å². The van der Waals surface area contributed by atoms with Gasteiger partial charge in [-0.15, -0.1) is 0 Å². The summed E-state index contributed by atoms with van der Waals surface area (Å²) in [7, 11) is 0. The summed E-state index contributed by atoms with van der Waals surface area (Å²) in [5, 5.41) is 12.9. The van der Waals surface area contributed by atoms with Crippen molar-refractivity contribution in [3.8, 4) is 5.75 Å². The lowest BCUT2D eigenvalue weighted by Crippen LogP contribution is -2.24. The Hall–Kier alpha value is -1.55. The molecule has 3 atom stereocenters. The van der Waals surface area contributed by atoms with E-state index in [1.54, 1.807) is 0 Å². The second-order valence-corrected chi connectivity index (χ2v) is 5.35. The molecule has 2 aliphatic rings. The van der Waals surface area contributed by atoms with Gasteiger partial charge in [0.25, 0.3) is 0 Å². The van der Waals surface area contributed by atoms with Crippen molar-refractivity contribution in [2.45, 2.75) is 31.8 Å². The molecular formula is C15H19NO3. The first-order valence-corrected chi connectivity index (χ1v) is 6.91. The monoisotopic (exact) mass is 261 g/mol. The van der Waals surface area contributed by atoms with Gasteiger partial charge in [0.05, 0.1) is 0 Å². The third-order valence-electron chi connectivity index (χ3n) is 4.03. The van der Waals surface area contributed by atoms with Crippen molar-refractivity contribution in [3.63, 3.8) is 0 Å². The number of ether oxygens (including phenoxy) is 1. The summed E-state index contributed by atoms with van der Waals surface area (Å²) < 4.78 is 5.46. The molecule has 4 heteroatoms. The Morgan fingerprint density at radius 1 is 1.53 bits per heavy atom. The van der Waals surface area contributed by atoms with Gasteiger partial charge in [-0.25, -0.2) is 0 Å². The molecule has 4 nitrogen and oxygen atoms in total. The van der Waals surface area contributed by atoms with Crippen LogP contribution in [0, 0.1) is 5.92 Å². The lowest BCUT2D eigenvalue weighted by atomic mass is 9.98. The van der Waals surface area contributed by atoms with Gasteiger partial charge in [-0.1, -0.05) is 19.1 Å². The highest BCUT2D eigenvalue weighted by atomic mass is 16.5. The van der Waals surface area contributed by atoms with Crippen LogP contribution in [0.1, 0.15) is 42.9 Å². The number of hydrogen-bond donors (Lipinski definition) is 2. The summed E-state index contributed by atoms with van der Waals surface area (Å²) >= 11 is 0. The number of carbonyl (C=O) groups is 1. The van der Waals surface area contributed by atoms with Crippen LogP contribution < -0.4 is 10.1 Å². The van der Waals surface area contributed by atoms with Crippen molar-refractivity contribution in [2.75, 3.05) is 13.2 Å². The molecule has 102 valence electrons. The number of fused-ring (bicyclic) bond motifs is 1. The van der Waals surface area contributed by atoms with E-state index < -0.39 is 6.10 Å². The van der Waals surface area contributed by atoms with Crippen molar-refractivity contribution in [1.29, 1.82) is 0 Å². The number of aliphatic hydroxyl groups excluding tert-OH is 1. The number of hydrogen-bond acceptors (Lipinski definition) is 3. The van der Waals surface area contributed by atoms with Crippen LogP contribution >= 0.6 is 0 Å². The van der Waals surface area contributed by atoms with E-state index in [-0.39, 0.29) is 5.91 Å². The third kappa shape index (κ3) is 2.32. The van der Waals surface area contributed by atoms with Gasteiger partial charge in [-0.05, 0) is 29.9 Å². The van der Waals surface area contributed by atoms with Crippen molar-refractivity contribution >= 4 is 5.91 Å². The highest BCUT2D eigenvalue weighted by Gasteiger charge is 2.41. The molecule has 0 aromatic heterocycles. The molecule has 2 N–H and O–H groups in total. The van der Waals surface area contributed by atoms with Crippen LogP contribution in [0.2, 0.25) is 0 Å². The normalized spacial score (nSPS) is 27.6. The van der Waals surface area contributed by atoms with Crippen molar-refractivity contribution < 1.29 is 14.6 Å². The topological polar surface area (TPSA) is 58.6 Å². The predicted octanol–water partition coefficient (Wildman–Crippen LogP) is 1.74. The first-order chi connectivity index (χ1) is 9.20. The molecule has 0 radical (unpaired) electrons. The minimum absolute atomic E-state index is 0.104. The first kappa shape index (κ1) is 12.5. The molecule has 19 heavy (non-hydrogen) atoms. The van der Waals surface area contributed by atoms with E-state index in [1.807, 2.05) is 19.1 Å². The maximum Gasteiger partial charge on any atom is 0.219 e. The minimum atomic E-state index is -0.502. The maximum absolute atomic E-state index is 11.3. The average Bonchev–Trinajstić information content (AvgIpc) is 3.12. The van der Waals surface area contributed by atoms with E-state index in [4.69, 9.17) is 4.74 Å². The summed E-state index contributed by atoms with van der Waals surface area (Å²) in [6.45, 7) is 2.95. The summed E-state index contributed by atoms with van der Waals surface area (Å²) in [6, 6.07) is 5.96. The molecule has 0 unspecified atom stereocenters. The van der Waals surface area contributed by atoms with E-state index in [2.05, 4.69) is 11.4 Å². The van der Waals surface area contributed by atoms with Gasteiger partial charge in [0.2, 0.25) is 5.91 Å². The molecule has 1 saturated carbocycles. The number of nitrogens with one attached hydrogen (secondary N) is 1. The van der Waals surface area contributed by atoms with Gasteiger partial charge in [-0.3, -0.25) is 4.79 Å². The molecule has 1 heterocycles. The Balaban J connectivity index is 1.69. The molecule has 1 aliphatic heterocycles. The van der Waals surface area contributed by atoms with Gasteiger partial charge in [0.15, 0.2) is 0 Å². The zero-order valence-corrected chi connectivity index (χ0v) is 11.1. The largest absolute Gasteiger partial charge is 0.490 e. The predicted molar refractivity (Wildman–Crippen MR) is 71.0 cm³/mol. The lowest BCUT2D eigenvalue weighted by molar-refractivity contribution is -0.120. The maximum atomic E-state index is 11.3. The fraction of sp³-hybridized carbons (Fsp3) is 0.533. The number of aliphatic hydroxyl groups is 1. The van der Waals surface area contributed by atoms with E-state index in [0.717, 1.165) is 24.3 Å². The molecule has 1 aromatic rings. The summed E-state index contributed by atoms with van der Waals surface area (Å²) in [6.07, 6.45) is 1.11. The first-order valence-electron chi connectivity index (χ1n) is 6.91. The van der Waals surface area contributed by atoms with Crippen LogP contribution in [0.4, 0.5) is 0 Å². The van der Waals surface area contributed by atoms with Crippen LogP contribution in [0.3, 0.4) is 0 Å². The number of benzene rings is 1. The molecule has 0 spiro atoms. The Labute approximate surface area is 112 Å². The van der Waals surface area contributed by atoms with E-state index >= 15 is 0 Å². The average molecular weight is 261 g/mol. The SMILES string of the molecule is CCC(=O)NC[C@@H]1C[C@H]1c1cccc2c1[C@H](O)CO2. The second-order valence-electron chi connectivity index (χ2n) is 5.35. The molecule has 1 aliphatic carbocycles. The van der Waals surface area contributed by atoms with Crippen LogP contribution in [0.15, 0.2) is 18.2 Å². The molecule has 1 amide bonds.